The van der Waals surface area contributed by atoms with Gasteiger partial charge in [-0.2, -0.15) is 0 Å². The third kappa shape index (κ3) is 2.81. The van der Waals surface area contributed by atoms with E-state index >= 15 is 0 Å². The predicted molar refractivity (Wildman–Crippen MR) is 95.4 cm³/mol. The molecule has 2 atom stereocenters. The minimum Gasteiger partial charge on any atom is -0.427 e. The summed E-state index contributed by atoms with van der Waals surface area (Å²) in [5, 5.41) is 0. The molecule has 0 aromatic heterocycles. The van der Waals surface area contributed by atoms with E-state index in [0.29, 0.717) is 24.4 Å². The zero-order valence-electron chi connectivity index (χ0n) is 14.8. The number of carbonyl (C=O) groups is 1. The molecule has 4 rings (SSSR count). The number of ether oxygens (including phenoxy) is 1. The van der Waals surface area contributed by atoms with Gasteiger partial charge in [0.2, 0.25) is 0 Å². The van der Waals surface area contributed by atoms with Crippen LogP contribution in [0.25, 0.3) is 0 Å². The molecule has 1 saturated heterocycles. The fourth-order valence-corrected chi connectivity index (χ4v) is 4.97. The molecular weight excluding hydrogens is 300 g/mol. The summed E-state index contributed by atoms with van der Waals surface area (Å²) in [6.07, 6.45) is 8.41. The van der Waals surface area contributed by atoms with Crippen LogP contribution in [0.2, 0.25) is 0 Å². The van der Waals surface area contributed by atoms with E-state index in [-0.39, 0.29) is 5.97 Å². The second kappa shape index (κ2) is 6.40. The van der Waals surface area contributed by atoms with Gasteiger partial charge in [-0.1, -0.05) is 19.3 Å². The quantitative estimate of drug-likeness (QED) is 0.625. The molecule has 1 aromatic carbocycles. The SMILES string of the molecule is CN1CCC2c3cc(OC(=O)CC4CCCCC4)ccc3N(C)C21. The third-order valence-electron chi connectivity index (χ3n) is 6.19. The van der Waals surface area contributed by atoms with Crippen molar-refractivity contribution in [1.82, 2.24) is 4.90 Å². The molecule has 130 valence electrons. The lowest BCUT2D eigenvalue weighted by molar-refractivity contribution is -0.135. The van der Waals surface area contributed by atoms with E-state index in [0.717, 1.165) is 12.3 Å². The maximum absolute atomic E-state index is 12.3. The van der Waals surface area contributed by atoms with Crippen LogP contribution < -0.4 is 9.64 Å². The highest BCUT2D eigenvalue weighted by atomic mass is 16.5. The fraction of sp³-hybridized carbons (Fsp3) is 0.650. The van der Waals surface area contributed by atoms with Crippen molar-refractivity contribution in [3.8, 4) is 5.75 Å². The number of rotatable bonds is 3. The van der Waals surface area contributed by atoms with Gasteiger partial charge in [-0.15, -0.1) is 0 Å². The molecule has 1 aliphatic carbocycles. The Morgan fingerprint density at radius 2 is 1.96 bits per heavy atom. The number of carbonyl (C=O) groups excluding carboxylic acids is 1. The maximum atomic E-state index is 12.3. The Morgan fingerprint density at radius 3 is 2.75 bits per heavy atom. The van der Waals surface area contributed by atoms with Gasteiger partial charge in [0.1, 0.15) is 5.75 Å². The average Bonchev–Trinajstić information content (AvgIpc) is 3.08. The van der Waals surface area contributed by atoms with Crippen LogP contribution in [0.3, 0.4) is 0 Å². The molecule has 4 nitrogen and oxygen atoms in total. The predicted octanol–water partition coefficient (Wildman–Crippen LogP) is 3.76. The van der Waals surface area contributed by atoms with Gasteiger partial charge < -0.3 is 9.64 Å². The van der Waals surface area contributed by atoms with E-state index in [1.54, 1.807) is 0 Å². The topological polar surface area (TPSA) is 32.8 Å². The van der Waals surface area contributed by atoms with Crippen molar-refractivity contribution >= 4 is 11.7 Å². The Morgan fingerprint density at radius 1 is 1.17 bits per heavy atom. The van der Waals surface area contributed by atoms with Crippen molar-refractivity contribution in [3.05, 3.63) is 23.8 Å². The van der Waals surface area contributed by atoms with Gasteiger partial charge in [-0.05, 0) is 56.0 Å². The fourth-order valence-electron chi connectivity index (χ4n) is 4.97. The lowest BCUT2D eigenvalue weighted by Crippen LogP contribution is -2.39. The normalized spacial score (nSPS) is 27.2. The second-order valence-corrected chi connectivity index (χ2v) is 7.80. The largest absolute Gasteiger partial charge is 0.427 e. The van der Waals surface area contributed by atoms with E-state index in [1.165, 1.54) is 49.8 Å². The Bertz CT molecular complexity index is 624. The molecule has 2 fully saturated rings. The summed E-state index contributed by atoms with van der Waals surface area (Å²) in [5.74, 6) is 1.72. The summed E-state index contributed by atoms with van der Waals surface area (Å²) in [4.78, 5) is 17.1. The summed E-state index contributed by atoms with van der Waals surface area (Å²) in [5.41, 5.74) is 2.62. The van der Waals surface area contributed by atoms with Gasteiger partial charge in [0.25, 0.3) is 0 Å². The molecule has 2 aliphatic heterocycles. The zero-order chi connectivity index (χ0) is 16.7. The van der Waals surface area contributed by atoms with Gasteiger partial charge >= 0.3 is 5.97 Å². The number of nitrogens with zero attached hydrogens (tertiary/aromatic N) is 2. The Balaban J connectivity index is 1.45. The first-order valence-electron chi connectivity index (χ1n) is 9.41. The maximum Gasteiger partial charge on any atom is 0.311 e. The molecule has 0 amide bonds. The summed E-state index contributed by atoms with van der Waals surface area (Å²) < 4.78 is 5.68. The lowest BCUT2D eigenvalue weighted by Gasteiger charge is -2.28. The van der Waals surface area contributed by atoms with E-state index in [9.17, 15) is 4.79 Å². The van der Waals surface area contributed by atoms with Gasteiger partial charge in [0.05, 0.1) is 6.17 Å². The molecule has 0 spiro atoms. The van der Waals surface area contributed by atoms with Crippen molar-refractivity contribution in [2.45, 2.75) is 57.0 Å². The van der Waals surface area contributed by atoms with Crippen LogP contribution in [-0.4, -0.2) is 37.7 Å². The monoisotopic (exact) mass is 328 g/mol. The molecule has 2 heterocycles. The number of esters is 1. The van der Waals surface area contributed by atoms with E-state index in [1.807, 2.05) is 6.07 Å². The number of likely N-dealkylation sites (N-methyl/N-ethyl adjacent to an activating group) is 2. The summed E-state index contributed by atoms with van der Waals surface area (Å²) in [6.45, 7) is 1.13. The number of hydrogen-bond donors (Lipinski definition) is 0. The molecule has 1 saturated carbocycles. The van der Waals surface area contributed by atoms with Gasteiger partial charge in [-0.25, -0.2) is 0 Å². The minimum atomic E-state index is -0.0618. The highest BCUT2D eigenvalue weighted by molar-refractivity contribution is 5.73. The van der Waals surface area contributed by atoms with E-state index in [4.69, 9.17) is 4.74 Å². The molecule has 1 aromatic rings. The van der Waals surface area contributed by atoms with Crippen LogP contribution in [0.5, 0.6) is 5.75 Å². The first-order chi connectivity index (χ1) is 11.6. The van der Waals surface area contributed by atoms with Gasteiger partial charge in [0.15, 0.2) is 0 Å². The Kier molecular flexibility index (Phi) is 4.25. The zero-order valence-corrected chi connectivity index (χ0v) is 14.8. The summed E-state index contributed by atoms with van der Waals surface area (Å²) >= 11 is 0. The van der Waals surface area contributed by atoms with Crippen LogP contribution in [0, 0.1) is 5.92 Å². The molecule has 4 heteroatoms. The van der Waals surface area contributed by atoms with Crippen LogP contribution in [0.15, 0.2) is 18.2 Å². The smallest absolute Gasteiger partial charge is 0.311 e. The van der Waals surface area contributed by atoms with Gasteiger partial charge in [0, 0.05) is 31.6 Å². The second-order valence-electron chi connectivity index (χ2n) is 7.80. The average molecular weight is 328 g/mol. The van der Waals surface area contributed by atoms with Crippen LogP contribution in [0.4, 0.5) is 5.69 Å². The van der Waals surface area contributed by atoms with E-state index in [2.05, 4.69) is 36.0 Å². The van der Waals surface area contributed by atoms with Crippen LogP contribution in [0.1, 0.15) is 56.4 Å². The van der Waals surface area contributed by atoms with E-state index < -0.39 is 0 Å². The standard InChI is InChI=1S/C20H28N2O2/c1-21-11-10-16-17-13-15(8-9-18(17)22(2)20(16)21)24-19(23)12-14-6-4-3-5-7-14/h8-9,13-14,16,20H,3-7,10-12H2,1-2H3. The first kappa shape index (κ1) is 15.9. The Labute approximate surface area is 144 Å². The van der Waals surface area contributed by atoms with Crippen molar-refractivity contribution in [2.24, 2.45) is 5.92 Å². The van der Waals surface area contributed by atoms with Crippen molar-refractivity contribution in [1.29, 1.82) is 0 Å². The highest BCUT2D eigenvalue weighted by Crippen LogP contribution is 2.47. The van der Waals surface area contributed by atoms with Crippen LogP contribution in [-0.2, 0) is 4.79 Å². The van der Waals surface area contributed by atoms with Crippen LogP contribution >= 0.6 is 0 Å². The molecule has 0 radical (unpaired) electrons. The number of fused-ring (bicyclic) bond motifs is 3. The number of likely N-dealkylation sites (tertiary alicyclic amines) is 1. The molecule has 0 bridgehead atoms. The molecule has 0 N–H and O–H groups in total. The highest BCUT2D eigenvalue weighted by Gasteiger charge is 2.43. The number of anilines is 1. The molecule has 24 heavy (non-hydrogen) atoms. The number of hydrogen-bond acceptors (Lipinski definition) is 4. The summed E-state index contributed by atoms with van der Waals surface area (Å²) in [6, 6.07) is 6.17. The summed E-state index contributed by atoms with van der Waals surface area (Å²) in [7, 11) is 4.36. The molecular formula is C20H28N2O2. The Hall–Kier alpha value is -1.55. The van der Waals surface area contributed by atoms with Crippen molar-refractivity contribution in [2.75, 3.05) is 25.5 Å². The third-order valence-corrected chi connectivity index (χ3v) is 6.19. The molecule has 3 aliphatic rings. The van der Waals surface area contributed by atoms with Gasteiger partial charge in [-0.3, -0.25) is 9.69 Å². The minimum absolute atomic E-state index is 0.0618. The van der Waals surface area contributed by atoms with Crippen molar-refractivity contribution < 1.29 is 9.53 Å². The molecule has 2 unspecified atom stereocenters. The van der Waals surface area contributed by atoms with Crippen molar-refractivity contribution in [3.63, 3.8) is 0 Å². The lowest BCUT2D eigenvalue weighted by atomic mass is 9.87. The first-order valence-corrected chi connectivity index (χ1v) is 9.41. The number of benzene rings is 1.